The maximum Gasteiger partial charge on any atom is 0.234 e. The van der Waals surface area contributed by atoms with E-state index >= 15 is 0 Å². The number of nitrogens with one attached hydrogen (secondary N) is 4. The van der Waals surface area contributed by atoms with E-state index in [9.17, 15) is 4.79 Å². The Hall–Kier alpha value is -2.86. The van der Waals surface area contributed by atoms with Crippen LogP contribution in [0.5, 0.6) is 0 Å². The Morgan fingerprint density at radius 1 is 1.00 bits per heavy atom. The molecule has 0 aromatic heterocycles. The number of amides is 1. The third-order valence-electron chi connectivity index (χ3n) is 3.86. The molecule has 1 amide bonds. The predicted molar refractivity (Wildman–Crippen MR) is 106 cm³/mol. The molecule has 0 bridgehead atoms. The minimum absolute atomic E-state index is 0.00794. The van der Waals surface area contributed by atoms with E-state index in [1.807, 2.05) is 50.2 Å². The molecular formula is C20H27N5O. The zero-order valence-corrected chi connectivity index (χ0v) is 15.3. The molecule has 0 saturated heterocycles. The van der Waals surface area contributed by atoms with Gasteiger partial charge in [0.2, 0.25) is 5.91 Å². The van der Waals surface area contributed by atoms with Gasteiger partial charge in [0.15, 0.2) is 5.96 Å². The fourth-order valence-electron chi connectivity index (χ4n) is 2.43. The highest BCUT2D eigenvalue weighted by molar-refractivity contribution is 5.78. The molecule has 0 aliphatic carbocycles. The van der Waals surface area contributed by atoms with Crippen molar-refractivity contribution in [3.05, 3.63) is 59.7 Å². The van der Waals surface area contributed by atoms with Crippen LogP contribution in [0.15, 0.2) is 48.5 Å². The molecule has 0 spiro atoms. The Bertz CT molecular complexity index is 740. The molecule has 2 aromatic carbocycles. The summed E-state index contributed by atoms with van der Waals surface area (Å²) in [6.45, 7) is 5.39. The summed E-state index contributed by atoms with van der Waals surface area (Å²) in [5.74, 6) is -0.0427. The second-order valence-corrected chi connectivity index (χ2v) is 6.48. The zero-order valence-electron chi connectivity index (χ0n) is 15.3. The summed E-state index contributed by atoms with van der Waals surface area (Å²) >= 11 is 0. The second-order valence-electron chi connectivity index (χ2n) is 6.48. The molecule has 0 heterocycles. The Morgan fingerprint density at radius 2 is 1.69 bits per heavy atom. The first kappa shape index (κ1) is 19.5. The maximum absolute atomic E-state index is 11.8. The van der Waals surface area contributed by atoms with Crippen LogP contribution < -0.4 is 21.7 Å². The highest BCUT2D eigenvalue weighted by Gasteiger charge is 2.04. The van der Waals surface area contributed by atoms with E-state index in [0.29, 0.717) is 19.6 Å². The minimum Gasteiger partial charge on any atom is -0.370 e. The quantitative estimate of drug-likeness (QED) is 0.370. The van der Waals surface area contributed by atoms with Gasteiger partial charge in [0.05, 0.1) is 6.54 Å². The molecule has 0 radical (unpaired) electrons. The summed E-state index contributed by atoms with van der Waals surface area (Å²) in [6, 6.07) is 16.5. The van der Waals surface area contributed by atoms with Gasteiger partial charge in [-0.05, 0) is 28.3 Å². The number of guanidine groups is 1. The van der Waals surface area contributed by atoms with Crippen LogP contribution in [0.4, 0.5) is 0 Å². The van der Waals surface area contributed by atoms with E-state index < -0.39 is 0 Å². The van der Waals surface area contributed by atoms with Crippen molar-refractivity contribution >= 4 is 11.9 Å². The van der Waals surface area contributed by atoms with Crippen molar-refractivity contribution in [3.63, 3.8) is 0 Å². The van der Waals surface area contributed by atoms with Gasteiger partial charge in [0, 0.05) is 19.1 Å². The average Bonchev–Trinajstić information content (AvgIpc) is 2.63. The van der Waals surface area contributed by atoms with Crippen LogP contribution >= 0.6 is 0 Å². The normalized spacial score (nSPS) is 10.6. The Morgan fingerprint density at radius 3 is 2.35 bits per heavy atom. The van der Waals surface area contributed by atoms with E-state index in [2.05, 4.69) is 28.1 Å². The van der Waals surface area contributed by atoms with E-state index in [0.717, 1.165) is 22.3 Å². The van der Waals surface area contributed by atoms with Crippen molar-refractivity contribution in [1.82, 2.24) is 16.0 Å². The predicted octanol–water partition coefficient (Wildman–Crippen LogP) is 1.95. The number of nitrogens with two attached hydrogens (primary N) is 1. The Labute approximate surface area is 154 Å². The van der Waals surface area contributed by atoms with Gasteiger partial charge in [-0.3, -0.25) is 10.2 Å². The summed E-state index contributed by atoms with van der Waals surface area (Å²) in [5, 5.41) is 16.0. The summed E-state index contributed by atoms with van der Waals surface area (Å²) < 4.78 is 0. The third kappa shape index (κ3) is 6.57. The van der Waals surface area contributed by atoms with Crippen molar-refractivity contribution in [2.75, 3.05) is 6.54 Å². The van der Waals surface area contributed by atoms with Crippen LogP contribution in [-0.4, -0.2) is 24.5 Å². The first-order valence-electron chi connectivity index (χ1n) is 8.70. The van der Waals surface area contributed by atoms with Crippen molar-refractivity contribution in [1.29, 1.82) is 5.41 Å². The molecule has 26 heavy (non-hydrogen) atoms. The van der Waals surface area contributed by atoms with Crippen LogP contribution in [0.2, 0.25) is 0 Å². The molecule has 6 nitrogen and oxygen atoms in total. The Kier molecular flexibility index (Phi) is 7.17. The standard InChI is InChI=1S/C20H27N5O/c1-14(2)23-13-19(26)24-12-16-4-3-5-18(10-16)17-8-6-15(7-9-17)11-25-20(21)22/h3-10,14,23H,11-13H2,1-2H3,(H,24,26)(H4,21,22,25). The molecule has 6 N–H and O–H groups in total. The van der Waals surface area contributed by atoms with Gasteiger partial charge in [-0.25, -0.2) is 0 Å². The monoisotopic (exact) mass is 353 g/mol. The number of hydrogen-bond donors (Lipinski definition) is 5. The smallest absolute Gasteiger partial charge is 0.234 e. The summed E-state index contributed by atoms with van der Waals surface area (Å²) in [4.78, 5) is 11.8. The lowest BCUT2D eigenvalue weighted by Gasteiger charge is -2.10. The van der Waals surface area contributed by atoms with Gasteiger partial charge < -0.3 is 21.7 Å². The molecule has 0 atom stereocenters. The van der Waals surface area contributed by atoms with Crippen LogP contribution in [0, 0.1) is 5.41 Å². The molecule has 0 aliphatic heterocycles. The van der Waals surface area contributed by atoms with Gasteiger partial charge in [0.1, 0.15) is 0 Å². The lowest BCUT2D eigenvalue weighted by Crippen LogP contribution is -2.36. The maximum atomic E-state index is 11.8. The molecule has 0 fully saturated rings. The van der Waals surface area contributed by atoms with Crippen LogP contribution in [0.25, 0.3) is 11.1 Å². The number of carbonyl (C=O) groups excluding carboxylic acids is 1. The van der Waals surface area contributed by atoms with E-state index in [4.69, 9.17) is 11.1 Å². The molecule has 0 aliphatic rings. The fraction of sp³-hybridized carbons (Fsp3) is 0.300. The number of carbonyl (C=O) groups is 1. The van der Waals surface area contributed by atoms with Crippen LogP contribution in [0.1, 0.15) is 25.0 Å². The van der Waals surface area contributed by atoms with E-state index in [-0.39, 0.29) is 17.9 Å². The van der Waals surface area contributed by atoms with Gasteiger partial charge in [0.25, 0.3) is 0 Å². The first-order chi connectivity index (χ1) is 12.4. The molecule has 0 unspecified atom stereocenters. The van der Waals surface area contributed by atoms with Gasteiger partial charge in [-0.1, -0.05) is 56.3 Å². The lowest BCUT2D eigenvalue weighted by molar-refractivity contribution is -0.120. The van der Waals surface area contributed by atoms with Crippen LogP contribution in [-0.2, 0) is 17.9 Å². The third-order valence-corrected chi connectivity index (χ3v) is 3.86. The highest BCUT2D eigenvalue weighted by Crippen LogP contribution is 2.21. The second kappa shape index (κ2) is 9.58. The molecule has 2 rings (SSSR count). The van der Waals surface area contributed by atoms with Crippen molar-refractivity contribution in [3.8, 4) is 11.1 Å². The van der Waals surface area contributed by atoms with E-state index in [1.165, 1.54) is 0 Å². The van der Waals surface area contributed by atoms with Gasteiger partial charge in [-0.15, -0.1) is 0 Å². The summed E-state index contributed by atoms with van der Waals surface area (Å²) in [5.41, 5.74) is 9.62. The zero-order chi connectivity index (χ0) is 18.9. The molecule has 0 saturated carbocycles. The minimum atomic E-state index is -0.0348. The van der Waals surface area contributed by atoms with Gasteiger partial charge >= 0.3 is 0 Å². The summed E-state index contributed by atoms with van der Waals surface area (Å²) in [6.07, 6.45) is 0. The Balaban J connectivity index is 1.95. The molecule has 138 valence electrons. The van der Waals surface area contributed by atoms with Crippen molar-refractivity contribution in [2.45, 2.75) is 33.0 Å². The SMILES string of the molecule is CC(C)NCC(=O)NCc1cccc(-c2ccc(CNC(=N)N)cc2)c1. The van der Waals surface area contributed by atoms with Crippen molar-refractivity contribution < 1.29 is 4.79 Å². The molecular weight excluding hydrogens is 326 g/mol. The number of rotatable bonds is 8. The van der Waals surface area contributed by atoms with E-state index in [1.54, 1.807) is 0 Å². The summed E-state index contributed by atoms with van der Waals surface area (Å²) in [7, 11) is 0. The van der Waals surface area contributed by atoms with Gasteiger partial charge in [-0.2, -0.15) is 0 Å². The number of hydrogen-bond acceptors (Lipinski definition) is 3. The fourth-order valence-corrected chi connectivity index (χ4v) is 2.43. The van der Waals surface area contributed by atoms with Crippen LogP contribution in [0.3, 0.4) is 0 Å². The first-order valence-corrected chi connectivity index (χ1v) is 8.70. The lowest BCUT2D eigenvalue weighted by atomic mass is 10.0. The average molecular weight is 353 g/mol. The topological polar surface area (TPSA) is 103 Å². The largest absolute Gasteiger partial charge is 0.370 e. The van der Waals surface area contributed by atoms with Crippen molar-refractivity contribution in [2.24, 2.45) is 5.73 Å². The highest BCUT2D eigenvalue weighted by atomic mass is 16.1. The molecule has 6 heteroatoms. The number of benzene rings is 2. The molecule has 2 aromatic rings.